The van der Waals surface area contributed by atoms with Crippen molar-refractivity contribution in [1.82, 2.24) is 19.9 Å². The molecule has 0 fully saturated rings. The molecule has 0 aliphatic carbocycles. The summed E-state index contributed by atoms with van der Waals surface area (Å²) in [6.45, 7) is 1.79. The number of anilines is 1. The summed E-state index contributed by atoms with van der Waals surface area (Å²) in [5.74, 6) is 2.13. The monoisotopic (exact) mass is 409 g/mol. The van der Waals surface area contributed by atoms with Crippen molar-refractivity contribution >= 4 is 22.5 Å². The summed E-state index contributed by atoms with van der Waals surface area (Å²) in [6.07, 6.45) is 8.44. The molecule has 0 unspecified atom stereocenters. The Kier molecular flexibility index (Phi) is 5.21. The first-order valence-corrected chi connectivity index (χ1v) is 9.59. The van der Waals surface area contributed by atoms with Crippen molar-refractivity contribution in [2.75, 3.05) is 5.73 Å². The fourth-order valence-electron chi connectivity index (χ4n) is 3.53. The summed E-state index contributed by atoms with van der Waals surface area (Å²) >= 11 is 0. The molecule has 0 aliphatic rings. The Morgan fingerprint density at radius 3 is 2.58 bits per heavy atom. The van der Waals surface area contributed by atoms with Crippen LogP contribution >= 0.6 is 0 Å². The van der Waals surface area contributed by atoms with Gasteiger partial charge in [0, 0.05) is 29.3 Å². The van der Waals surface area contributed by atoms with E-state index in [-0.39, 0.29) is 17.1 Å². The molecule has 1 amide bonds. The van der Waals surface area contributed by atoms with E-state index in [4.69, 9.17) is 12.2 Å². The van der Waals surface area contributed by atoms with Crippen LogP contribution in [0.15, 0.2) is 71.8 Å². The average Bonchev–Trinajstić information content (AvgIpc) is 2.79. The molecular weight excluding hydrogens is 390 g/mol. The highest BCUT2D eigenvalue weighted by atomic mass is 16.2. The fraction of sp³-hybridized carbons (Fsp3) is 0.0833. The number of hydrogen-bond donors (Lipinski definition) is 2. The van der Waals surface area contributed by atoms with Crippen LogP contribution in [-0.2, 0) is 0 Å². The number of carbonyl (C=O) groups is 1. The van der Waals surface area contributed by atoms with Gasteiger partial charge in [0.05, 0.1) is 11.4 Å². The maximum Gasteiger partial charge on any atom is 0.274 e. The van der Waals surface area contributed by atoms with Crippen LogP contribution in [0.1, 0.15) is 34.7 Å². The highest BCUT2D eigenvalue weighted by Crippen LogP contribution is 2.23. The maximum atomic E-state index is 13.6. The Labute approximate surface area is 178 Å². The van der Waals surface area contributed by atoms with Gasteiger partial charge in [0.15, 0.2) is 11.5 Å². The zero-order chi connectivity index (χ0) is 22.0. The van der Waals surface area contributed by atoms with Gasteiger partial charge in [-0.15, -0.1) is 6.42 Å². The normalized spacial score (nSPS) is 11.6. The molecular formula is C24H19N5O2. The predicted molar refractivity (Wildman–Crippen MR) is 120 cm³/mol. The first-order valence-electron chi connectivity index (χ1n) is 9.59. The third-order valence-electron chi connectivity index (χ3n) is 4.98. The highest BCUT2D eigenvalue weighted by Gasteiger charge is 2.21. The van der Waals surface area contributed by atoms with Crippen LogP contribution in [0.3, 0.4) is 0 Å². The molecule has 4 aromatic rings. The molecule has 0 radical (unpaired) electrons. The second-order valence-electron chi connectivity index (χ2n) is 6.94. The SMILES string of the molecule is C#Cc1cccc2cc([C@H](C)NC(=O)c3nccnc3N)n(-c3ccccc3)c(=O)c12. The number of para-hydroxylation sites is 1. The van der Waals surface area contributed by atoms with E-state index in [2.05, 4.69) is 21.2 Å². The molecule has 0 aliphatic heterocycles. The van der Waals surface area contributed by atoms with E-state index in [1.165, 1.54) is 12.4 Å². The zero-order valence-corrected chi connectivity index (χ0v) is 16.7. The van der Waals surface area contributed by atoms with E-state index >= 15 is 0 Å². The first kappa shape index (κ1) is 19.9. The summed E-state index contributed by atoms with van der Waals surface area (Å²) in [5, 5.41) is 4.01. The number of aromatic nitrogens is 3. The molecule has 0 bridgehead atoms. The molecule has 7 heteroatoms. The lowest BCUT2D eigenvalue weighted by Gasteiger charge is -2.21. The van der Waals surface area contributed by atoms with Gasteiger partial charge in [0.25, 0.3) is 11.5 Å². The number of amides is 1. The average molecular weight is 409 g/mol. The van der Waals surface area contributed by atoms with Gasteiger partial charge in [-0.25, -0.2) is 9.97 Å². The van der Waals surface area contributed by atoms with Crippen LogP contribution in [0.2, 0.25) is 0 Å². The van der Waals surface area contributed by atoms with Crippen molar-refractivity contribution in [2.45, 2.75) is 13.0 Å². The Hall–Kier alpha value is -4.44. The van der Waals surface area contributed by atoms with Gasteiger partial charge in [-0.2, -0.15) is 0 Å². The minimum absolute atomic E-state index is 0.0263. The molecule has 2 aromatic carbocycles. The topological polar surface area (TPSA) is 103 Å². The minimum atomic E-state index is -0.541. The van der Waals surface area contributed by atoms with E-state index in [0.29, 0.717) is 27.7 Å². The largest absolute Gasteiger partial charge is 0.382 e. The number of carbonyl (C=O) groups excluding carboxylic acids is 1. The molecule has 4 rings (SSSR count). The molecule has 152 valence electrons. The number of nitrogens with one attached hydrogen (secondary N) is 1. The van der Waals surface area contributed by atoms with Crippen molar-refractivity contribution in [1.29, 1.82) is 0 Å². The highest BCUT2D eigenvalue weighted by molar-refractivity contribution is 5.96. The summed E-state index contributed by atoms with van der Waals surface area (Å²) in [7, 11) is 0. The number of rotatable bonds is 4. The number of terminal acetylenes is 1. The van der Waals surface area contributed by atoms with Gasteiger partial charge in [0.2, 0.25) is 0 Å². The second kappa shape index (κ2) is 8.13. The molecule has 2 aromatic heterocycles. The number of fused-ring (bicyclic) bond motifs is 1. The number of nitrogens with zero attached hydrogens (tertiary/aromatic N) is 3. The van der Waals surface area contributed by atoms with Gasteiger partial charge in [-0.05, 0) is 36.6 Å². The Morgan fingerprint density at radius 2 is 1.87 bits per heavy atom. The number of hydrogen-bond acceptors (Lipinski definition) is 5. The second-order valence-corrected chi connectivity index (χ2v) is 6.94. The van der Waals surface area contributed by atoms with Crippen molar-refractivity contribution < 1.29 is 4.79 Å². The van der Waals surface area contributed by atoms with Gasteiger partial charge in [-0.1, -0.05) is 36.3 Å². The molecule has 1 atom stereocenters. The van der Waals surface area contributed by atoms with Crippen LogP contribution < -0.4 is 16.6 Å². The molecule has 7 nitrogen and oxygen atoms in total. The smallest absolute Gasteiger partial charge is 0.274 e. The molecule has 31 heavy (non-hydrogen) atoms. The number of benzene rings is 2. The Bertz CT molecular complexity index is 1390. The number of nitrogen functional groups attached to an aromatic ring is 1. The maximum absolute atomic E-state index is 13.6. The Morgan fingerprint density at radius 1 is 1.13 bits per heavy atom. The third-order valence-corrected chi connectivity index (χ3v) is 4.98. The summed E-state index contributed by atoms with van der Waals surface area (Å²) < 4.78 is 1.56. The van der Waals surface area contributed by atoms with E-state index in [1.54, 1.807) is 23.6 Å². The van der Waals surface area contributed by atoms with E-state index in [1.807, 2.05) is 42.5 Å². The lowest BCUT2D eigenvalue weighted by Crippen LogP contribution is -2.33. The molecule has 2 heterocycles. The number of pyridine rings is 1. The van der Waals surface area contributed by atoms with Crippen LogP contribution in [0.5, 0.6) is 0 Å². The fourth-order valence-corrected chi connectivity index (χ4v) is 3.53. The lowest BCUT2D eigenvalue weighted by atomic mass is 10.0. The van der Waals surface area contributed by atoms with Crippen LogP contribution in [0, 0.1) is 12.3 Å². The van der Waals surface area contributed by atoms with E-state index in [9.17, 15) is 9.59 Å². The van der Waals surface area contributed by atoms with Crippen LogP contribution in [0.4, 0.5) is 5.82 Å². The number of nitrogens with two attached hydrogens (primary N) is 1. The quantitative estimate of drug-likeness (QED) is 0.505. The van der Waals surface area contributed by atoms with Crippen molar-refractivity contribution in [3.05, 3.63) is 94.3 Å². The van der Waals surface area contributed by atoms with E-state index < -0.39 is 11.9 Å². The van der Waals surface area contributed by atoms with Gasteiger partial charge < -0.3 is 11.1 Å². The summed E-state index contributed by atoms with van der Waals surface area (Å²) in [5.41, 5.74) is 7.32. The Balaban J connectivity index is 1.89. The van der Waals surface area contributed by atoms with Crippen molar-refractivity contribution in [3.63, 3.8) is 0 Å². The van der Waals surface area contributed by atoms with Crippen molar-refractivity contribution in [3.8, 4) is 18.0 Å². The third kappa shape index (κ3) is 3.63. The zero-order valence-electron chi connectivity index (χ0n) is 16.7. The summed E-state index contributed by atoms with van der Waals surface area (Å²) in [4.78, 5) is 34.2. The first-order chi connectivity index (χ1) is 15.0. The van der Waals surface area contributed by atoms with Crippen molar-refractivity contribution in [2.24, 2.45) is 0 Å². The molecule has 0 spiro atoms. The predicted octanol–water partition coefficient (Wildman–Crippen LogP) is 2.84. The standard InChI is InChI=1S/C24H19N5O2/c1-3-16-8-7-9-17-14-19(15(2)28-23(30)21-22(25)27-13-12-26-21)29(24(31)20(16)17)18-10-5-4-6-11-18/h1,4-15H,2H3,(H2,25,27)(H,28,30)/t15-/m0/s1. The lowest BCUT2D eigenvalue weighted by molar-refractivity contribution is 0.0934. The van der Waals surface area contributed by atoms with Gasteiger partial charge >= 0.3 is 0 Å². The summed E-state index contributed by atoms with van der Waals surface area (Å²) in [6, 6.07) is 15.9. The minimum Gasteiger partial charge on any atom is -0.382 e. The van der Waals surface area contributed by atoms with Gasteiger partial charge in [0.1, 0.15) is 0 Å². The molecule has 0 saturated heterocycles. The van der Waals surface area contributed by atoms with E-state index in [0.717, 1.165) is 0 Å². The van der Waals surface area contributed by atoms with Gasteiger partial charge in [-0.3, -0.25) is 14.2 Å². The molecule has 0 saturated carbocycles. The molecule has 3 N–H and O–H groups in total. The van der Waals surface area contributed by atoms with Crippen LogP contribution in [0.25, 0.3) is 16.5 Å². The van der Waals surface area contributed by atoms with Crippen LogP contribution in [-0.4, -0.2) is 20.4 Å².